The molecule has 1 aliphatic heterocycles. The van der Waals surface area contributed by atoms with Crippen LogP contribution in [-0.4, -0.2) is 28.6 Å². The fourth-order valence-corrected chi connectivity index (χ4v) is 4.24. The Morgan fingerprint density at radius 1 is 1.23 bits per heavy atom. The molecule has 4 rings (SSSR count). The molecule has 0 saturated carbocycles. The lowest BCUT2D eigenvalue weighted by Crippen LogP contribution is -2.54. The van der Waals surface area contributed by atoms with Gasteiger partial charge in [0.25, 0.3) is 0 Å². The molecule has 3 N–H and O–H groups in total. The van der Waals surface area contributed by atoms with Crippen LogP contribution < -0.4 is 15.0 Å². The van der Waals surface area contributed by atoms with Gasteiger partial charge in [-0.2, -0.15) is 0 Å². The number of benzene rings is 2. The standard InChI is InChI=1S/C25H27N3O3/c1-4-23(30)19-11-8-14-28(22-15-26-20-12-6-5-10-18(20)22)25(19,2)27-21-13-7-9-17(16-29)24(21)31-3/h5-15,26-27,29H,4,16H2,1-3H3. The highest BCUT2D eigenvalue weighted by Gasteiger charge is 2.41. The van der Waals surface area contributed by atoms with E-state index >= 15 is 0 Å². The quantitative estimate of drug-likeness (QED) is 0.518. The number of aliphatic hydroxyl groups is 1. The summed E-state index contributed by atoms with van der Waals surface area (Å²) in [6.07, 6.45) is 8.08. The van der Waals surface area contributed by atoms with Gasteiger partial charge in [0, 0.05) is 40.9 Å². The largest absolute Gasteiger partial charge is 0.494 e. The highest BCUT2D eigenvalue weighted by atomic mass is 16.5. The number of fused-ring (bicyclic) bond motifs is 1. The molecule has 0 saturated heterocycles. The van der Waals surface area contributed by atoms with Gasteiger partial charge in [-0.15, -0.1) is 0 Å². The summed E-state index contributed by atoms with van der Waals surface area (Å²) in [5, 5.41) is 14.4. The summed E-state index contributed by atoms with van der Waals surface area (Å²) in [6.45, 7) is 3.71. The molecule has 6 heteroatoms. The Morgan fingerprint density at radius 3 is 2.77 bits per heavy atom. The molecule has 2 aromatic carbocycles. The molecule has 1 atom stereocenters. The predicted molar refractivity (Wildman–Crippen MR) is 124 cm³/mol. The van der Waals surface area contributed by atoms with E-state index in [1.165, 1.54) is 0 Å². The topological polar surface area (TPSA) is 77.6 Å². The summed E-state index contributed by atoms with van der Waals surface area (Å²) in [5.41, 5.74) is 3.12. The molecule has 0 spiro atoms. The summed E-state index contributed by atoms with van der Waals surface area (Å²) in [6, 6.07) is 13.6. The van der Waals surface area contributed by atoms with Crippen LogP contribution in [-0.2, 0) is 11.4 Å². The Hall–Kier alpha value is -3.51. The molecule has 1 aliphatic rings. The summed E-state index contributed by atoms with van der Waals surface area (Å²) in [7, 11) is 1.58. The number of ketones is 1. The van der Waals surface area contributed by atoms with E-state index in [9.17, 15) is 9.90 Å². The number of carbonyl (C=O) groups excluding carboxylic acids is 1. The number of hydrogen-bond donors (Lipinski definition) is 3. The number of carbonyl (C=O) groups is 1. The van der Waals surface area contributed by atoms with E-state index in [-0.39, 0.29) is 12.4 Å². The summed E-state index contributed by atoms with van der Waals surface area (Å²) >= 11 is 0. The van der Waals surface area contributed by atoms with Crippen molar-refractivity contribution < 1.29 is 14.6 Å². The van der Waals surface area contributed by atoms with Gasteiger partial charge in [-0.3, -0.25) is 4.79 Å². The number of H-pyrrole nitrogens is 1. The molecule has 0 bridgehead atoms. The summed E-state index contributed by atoms with van der Waals surface area (Å²) in [5.74, 6) is 0.615. The van der Waals surface area contributed by atoms with E-state index in [4.69, 9.17) is 4.74 Å². The van der Waals surface area contributed by atoms with Gasteiger partial charge < -0.3 is 25.0 Å². The van der Waals surface area contributed by atoms with Gasteiger partial charge in [-0.05, 0) is 31.2 Å². The lowest BCUT2D eigenvalue weighted by atomic mass is 9.90. The van der Waals surface area contributed by atoms with Crippen molar-refractivity contribution in [2.45, 2.75) is 32.5 Å². The minimum absolute atomic E-state index is 0.0569. The maximum absolute atomic E-state index is 13.0. The third-order valence-corrected chi connectivity index (χ3v) is 5.80. The van der Waals surface area contributed by atoms with Gasteiger partial charge in [0.15, 0.2) is 5.78 Å². The molecule has 2 heterocycles. The van der Waals surface area contributed by atoms with Crippen molar-refractivity contribution in [1.82, 2.24) is 4.98 Å². The number of nitrogens with one attached hydrogen (secondary N) is 2. The molecule has 0 radical (unpaired) electrons. The van der Waals surface area contributed by atoms with Gasteiger partial charge >= 0.3 is 0 Å². The van der Waals surface area contributed by atoms with Crippen molar-refractivity contribution in [2.24, 2.45) is 0 Å². The molecule has 6 nitrogen and oxygen atoms in total. The fourth-order valence-electron chi connectivity index (χ4n) is 4.24. The van der Waals surface area contributed by atoms with Crippen LogP contribution in [0.2, 0.25) is 0 Å². The number of aromatic nitrogens is 1. The smallest absolute Gasteiger partial charge is 0.162 e. The Morgan fingerprint density at radius 2 is 2.03 bits per heavy atom. The van der Waals surface area contributed by atoms with Crippen molar-refractivity contribution in [1.29, 1.82) is 0 Å². The van der Waals surface area contributed by atoms with E-state index in [0.29, 0.717) is 29.0 Å². The third-order valence-electron chi connectivity index (χ3n) is 5.80. The first-order valence-corrected chi connectivity index (χ1v) is 10.4. The molecule has 1 unspecified atom stereocenters. The maximum atomic E-state index is 13.0. The Bertz CT molecular complexity index is 1180. The lowest BCUT2D eigenvalue weighted by Gasteiger charge is -2.44. The number of para-hydroxylation sites is 2. The Labute approximate surface area is 181 Å². The molecular formula is C25H27N3O3. The monoisotopic (exact) mass is 417 g/mol. The number of ether oxygens (including phenoxy) is 1. The van der Waals surface area contributed by atoms with Gasteiger partial charge in [0.1, 0.15) is 11.4 Å². The first-order chi connectivity index (χ1) is 15.0. The number of rotatable bonds is 7. The molecule has 3 aromatic rings. The minimum Gasteiger partial charge on any atom is -0.494 e. The van der Waals surface area contributed by atoms with Gasteiger partial charge in [0.05, 0.1) is 25.1 Å². The zero-order chi connectivity index (χ0) is 22.0. The number of nitrogens with zero attached hydrogens (tertiary/aromatic N) is 1. The highest BCUT2D eigenvalue weighted by Crippen LogP contribution is 2.41. The molecule has 0 fully saturated rings. The maximum Gasteiger partial charge on any atom is 0.162 e. The molecule has 0 amide bonds. The third kappa shape index (κ3) is 3.49. The van der Waals surface area contributed by atoms with Crippen molar-refractivity contribution >= 4 is 28.1 Å². The Kier molecular flexibility index (Phi) is 5.57. The highest BCUT2D eigenvalue weighted by molar-refractivity contribution is 6.01. The average molecular weight is 418 g/mol. The van der Waals surface area contributed by atoms with Gasteiger partial charge in [-0.25, -0.2) is 0 Å². The normalized spacial score (nSPS) is 18.2. The summed E-state index contributed by atoms with van der Waals surface area (Å²) in [4.78, 5) is 18.4. The number of anilines is 2. The van der Waals surface area contributed by atoms with E-state index in [0.717, 1.165) is 16.6 Å². The number of aromatic amines is 1. The number of Topliss-reactive ketones (excluding diaryl/α,β-unsaturated/α-hetero) is 1. The van der Waals surface area contributed by atoms with Crippen molar-refractivity contribution in [3.63, 3.8) is 0 Å². The van der Waals surface area contributed by atoms with Gasteiger partial charge in [-0.1, -0.05) is 37.3 Å². The van der Waals surface area contributed by atoms with Gasteiger partial charge in [0.2, 0.25) is 0 Å². The van der Waals surface area contributed by atoms with E-state index in [1.807, 2.05) is 74.8 Å². The minimum atomic E-state index is -0.881. The van der Waals surface area contributed by atoms with Crippen molar-refractivity contribution in [3.05, 3.63) is 78.1 Å². The predicted octanol–water partition coefficient (Wildman–Crippen LogP) is 4.74. The number of allylic oxidation sites excluding steroid dienone is 2. The second-order valence-corrected chi connectivity index (χ2v) is 7.64. The van der Waals surface area contributed by atoms with Crippen LogP contribution in [0, 0.1) is 0 Å². The van der Waals surface area contributed by atoms with Crippen LogP contribution in [0.5, 0.6) is 5.75 Å². The second kappa shape index (κ2) is 8.32. The van der Waals surface area contributed by atoms with Crippen LogP contribution in [0.15, 0.2) is 72.6 Å². The zero-order valence-corrected chi connectivity index (χ0v) is 18.0. The molecule has 1 aromatic heterocycles. The number of aliphatic hydroxyl groups excluding tert-OH is 1. The van der Waals surface area contributed by atoms with E-state index < -0.39 is 5.66 Å². The average Bonchev–Trinajstić information content (AvgIpc) is 3.22. The zero-order valence-electron chi connectivity index (χ0n) is 18.0. The summed E-state index contributed by atoms with van der Waals surface area (Å²) < 4.78 is 5.60. The number of hydrogen-bond acceptors (Lipinski definition) is 5. The first kappa shape index (κ1) is 20.8. The second-order valence-electron chi connectivity index (χ2n) is 7.64. The fraction of sp³-hybridized carbons (Fsp3) is 0.240. The van der Waals surface area contributed by atoms with Crippen LogP contribution >= 0.6 is 0 Å². The number of methoxy groups -OCH3 is 1. The van der Waals surface area contributed by atoms with Crippen LogP contribution in [0.25, 0.3) is 10.9 Å². The van der Waals surface area contributed by atoms with Crippen molar-refractivity contribution in [3.8, 4) is 5.75 Å². The van der Waals surface area contributed by atoms with Crippen LogP contribution in [0.4, 0.5) is 11.4 Å². The van der Waals surface area contributed by atoms with Crippen molar-refractivity contribution in [2.75, 3.05) is 17.3 Å². The molecular weight excluding hydrogens is 390 g/mol. The molecule has 0 aliphatic carbocycles. The van der Waals surface area contributed by atoms with Crippen LogP contribution in [0.1, 0.15) is 25.8 Å². The van der Waals surface area contributed by atoms with E-state index in [1.54, 1.807) is 7.11 Å². The van der Waals surface area contributed by atoms with E-state index in [2.05, 4.69) is 21.3 Å². The SMILES string of the molecule is CCC(=O)C1=CC=CN(c2c[nH]c3ccccc23)C1(C)Nc1cccc(CO)c1OC. The molecule has 160 valence electrons. The molecule has 31 heavy (non-hydrogen) atoms. The Balaban J connectivity index is 1.87. The van der Waals surface area contributed by atoms with Crippen LogP contribution in [0.3, 0.4) is 0 Å². The lowest BCUT2D eigenvalue weighted by molar-refractivity contribution is -0.115. The first-order valence-electron chi connectivity index (χ1n) is 10.4.